The molecule has 2 rings (SSSR count). The van der Waals surface area contributed by atoms with Crippen LogP contribution in [0, 0.1) is 10.1 Å². The third kappa shape index (κ3) is 4.57. The van der Waals surface area contributed by atoms with Gasteiger partial charge in [0.2, 0.25) is 0 Å². The molecule has 0 saturated heterocycles. The average molecular weight is 262 g/mol. The van der Waals surface area contributed by atoms with Gasteiger partial charge in [-0.3, -0.25) is 15.1 Å². The number of nitrogens with zero attached hydrogens (tertiary/aromatic N) is 2. The first kappa shape index (κ1) is 13.3. The lowest BCUT2D eigenvalue weighted by Crippen LogP contribution is -2.33. The fourth-order valence-corrected chi connectivity index (χ4v) is 2.27. The molecule has 2 N–H and O–H groups in total. The Morgan fingerprint density at radius 1 is 1.42 bits per heavy atom. The largest absolute Gasteiger partial charge is 0.364 e. The van der Waals surface area contributed by atoms with E-state index in [0.717, 1.165) is 24.7 Å². The number of rotatable bonds is 5. The Labute approximate surface area is 112 Å². The molecule has 102 valence electrons. The Morgan fingerprint density at radius 2 is 2.21 bits per heavy atom. The van der Waals surface area contributed by atoms with E-state index in [4.69, 9.17) is 0 Å². The van der Waals surface area contributed by atoms with Crippen LogP contribution in [0.15, 0.2) is 36.5 Å². The molecule has 0 bridgehead atoms. The van der Waals surface area contributed by atoms with Crippen LogP contribution in [0.3, 0.4) is 0 Å². The van der Waals surface area contributed by atoms with Crippen LogP contribution in [-0.4, -0.2) is 15.9 Å². The summed E-state index contributed by atoms with van der Waals surface area (Å²) in [6.45, 7) is 0. The molecule has 1 heterocycles. The minimum atomic E-state index is -0.450. The van der Waals surface area contributed by atoms with Gasteiger partial charge in [-0.15, -0.1) is 0 Å². The second-order valence-electron chi connectivity index (χ2n) is 4.67. The van der Waals surface area contributed by atoms with Gasteiger partial charge < -0.3 is 10.6 Å². The van der Waals surface area contributed by atoms with Crippen molar-refractivity contribution in [2.45, 2.75) is 38.1 Å². The molecule has 1 saturated carbocycles. The molecule has 1 fully saturated rings. The van der Waals surface area contributed by atoms with Crippen molar-refractivity contribution in [3.05, 3.63) is 46.7 Å². The fourth-order valence-electron chi connectivity index (χ4n) is 2.27. The summed E-state index contributed by atoms with van der Waals surface area (Å²) in [6.07, 6.45) is 10.00. The highest BCUT2D eigenvalue weighted by atomic mass is 16.6. The molecule has 6 heteroatoms. The topological polar surface area (TPSA) is 80.1 Å². The third-order valence-corrected chi connectivity index (χ3v) is 3.14. The van der Waals surface area contributed by atoms with E-state index >= 15 is 0 Å². The van der Waals surface area contributed by atoms with Crippen LogP contribution in [0.25, 0.3) is 0 Å². The van der Waals surface area contributed by atoms with E-state index in [9.17, 15) is 10.1 Å². The van der Waals surface area contributed by atoms with Gasteiger partial charge in [0.25, 0.3) is 6.20 Å². The summed E-state index contributed by atoms with van der Waals surface area (Å²) in [6, 6.07) is 3.92. The van der Waals surface area contributed by atoms with Gasteiger partial charge in [-0.1, -0.05) is 19.3 Å². The second-order valence-corrected chi connectivity index (χ2v) is 4.67. The predicted molar refractivity (Wildman–Crippen MR) is 72.9 cm³/mol. The zero-order valence-corrected chi connectivity index (χ0v) is 10.7. The van der Waals surface area contributed by atoms with Crippen LogP contribution < -0.4 is 10.6 Å². The molecule has 1 aromatic heterocycles. The molecule has 1 aliphatic carbocycles. The highest BCUT2D eigenvalue weighted by Crippen LogP contribution is 2.18. The smallest absolute Gasteiger partial charge is 0.274 e. The normalized spacial score (nSPS) is 16.9. The second kappa shape index (κ2) is 6.72. The van der Waals surface area contributed by atoms with Gasteiger partial charge in [-0.25, -0.2) is 0 Å². The van der Waals surface area contributed by atoms with E-state index in [0.29, 0.717) is 11.9 Å². The van der Waals surface area contributed by atoms with Gasteiger partial charge in [0.15, 0.2) is 5.82 Å². The Bertz CT molecular complexity index is 441. The Morgan fingerprint density at radius 3 is 2.84 bits per heavy atom. The van der Waals surface area contributed by atoms with Crippen molar-refractivity contribution in [3.63, 3.8) is 0 Å². The molecular formula is C13H18N4O2. The summed E-state index contributed by atoms with van der Waals surface area (Å²) < 4.78 is 0. The zero-order chi connectivity index (χ0) is 13.5. The lowest BCUT2D eigenvalue weighted by molar-refractivity contribution is -0.403. The lowest BCUT2D eigenvalue weighted by atomic mass is 9.95. The maximum absolute atomic E-state index is 10.7. The number of nitrogens with one attached hydrogen (secondary N) is 2. The molecular weight excluding hydrogens is 244 g/mol. The van der Waals surface area contributed by atoms with Gasteiger partial charge in [-0.05, 0) is 25.0 Å². The standard InChI is InChI=1S/C13H18N4O2/c18-17(19)10-13(15-11-5-2-1-3-6-11)16-12-7-4-8-14-9-12/h4,7-11,15-16H,1-3,5-6H2/b13-10-. The van der Waals surface area contributed by atoms with E-state index < -0.39 is 4.92 Å². The van der Waals surface area contributed by atoms with Crippen molar-refractivity contribution in [1.82, 2.24) is 10.3 Å². The van der Waals surface area contributed by atoms with E-state index in [1.54, 1.807) is 18.5 Å². The lowest BCUT2D eigenvalue weighted by Gasteiger charge is -2.24. The minimum Gasteiger partial charge on any atom is -0.364 e. The highest BCUT2D eigenvalue weighted by molar-refractivity contribution is 5.45. The Kier molecular flexibility index (Phi) is 4.72. The molecule has 0 spiro atoms. The van der Waals surface area contributed by atoms with Crippen molar-refractivity contribution in [2.24, 2.45) is 0 Å². The fraction of sp³-hybridized carbons (Fsp3) is 0.462. The van der Waals surface area contributed by atoms with Crippen molar-refractivity contribution >= 4 is 5.69 Å². The zero-order valence-electron chi connectivity index (χ0n) is 10.7. The van der Waals surface area contributed by atoms with E-state index in [2.05, 4.69) is 15.6 Å². The summed E-state index contributed by atoms with van der Waals surface area (Å²) >= 11 is 0. The van der Waals surface area contributed by atoms with Crippen molar-refractivity contribution in [1.29, 1.82) is 0 Å². The first-order valence-electron chi connectivity index (χ1n) is 6.53. The number of pyridine rings is 1. The molecule has 0 amide bonds. The molecule has 1 aromatic rings. The SMILES string of the molecule is O=[N+]([O-])/C=C(\Nc1cccnc1)NC1CCCCC1. The van der Waals surface area contributed by atoms with Crippen molar-refractivity contribution < 1.29 is 4.92 Å². The van der Waals surface area contributed by atoms with Crippen LogP contribution in [0.5, 0.6) is 0 Å². The minimum absolute atomic E-state index is 0.309. The highest BCUT2D eigenvalue weighted by Gasteiger charge is 2.15. The first-order chi connectivity index (χ1) is 9.24. The number of hydrogen-bond donors (Lipinski definition) is 2. The third-order valence-electron chi connectivity index (χ3n) is 3.14. The van der Waals surface area contributed by atoms with Gasteiger partial charge in [0.05, 0.1) is 16.8 Å². The molecule has 0 aromatic carbocycles. The molecule has 0 aliphatic heterocycles. The van der Waals surface area contributed by atoms with Gasteiger partial charge in [0, 0.05) is 12.2 Å². The van der Waals surface area contributed by atoms with Crippen LogP contribution in [0.1, 0.15) is 32.1 Å². The summed E-state index contributed by atoms with van der Waals surface area (Å²) in [7, 11) is 0. The monoisotopic (exact) mass is 262 g/mol. The molecule has 6 nitrogen and oxygen atoms in total. The summed E-state index contributed by atoms with van der Waals surface area (Å²) in [5.74, 6) is 0.421. The summed E-state index contributed by atoms with van der Waals surface area (Å²) in [5.41, 5.74) is 0.735. The van der Waals surface area contributed by atoms with E-state index in [1.165, 1.54) is 19.3 Å². The van der Waals surface area contributed by atoms with E-state index in [-0.39, 0.29) is 0 Å². The molecule has 0 unspecified atom stereocenters. The Hall–Kier alpha value is -2.11. The van der Waals surface area contributed by atoms with Crippen LogP contribution in [0.4, 0.5) is 5.69 Å². The molecule has 19 heavy (non-hydrogen) atoms. The van der Waals surface area contributed by atoms with Crippen LogP contribution >= 0.6 is 0 Å². The number of anilines is 1. The maximum atomic E-state index is 10.7. The molecule has 0 atom stereocenters. The van der Waals surface area contributed by atoms with Crippen molar-refractivity contribution in [2.75, 3.05) is 5.32 Å². The van der Waals surface area contributed by atoms with Crippen LogP contribution in [0.2, 0.25) is 0 Å². The first-order valence-corrected chi connectivity index (χ1v) is 6.53. The number of hydrogen-bond acceptors (Lipinski definition) is 5. The summed E-state index contributed by atoms with van der Waals surface area (Å²) in [4.78, 5) is 14.2. The van der Waals surface area contributed by atoms with Gasteiger partial charge in [0.1, 0.15) is 0 Å². The van der Waals surface area contributed by atoms with Gasteiger partial charge >= 0.3 is 0 Å². The van der Waals surface area contributed by atoms with E-state index in [1.807, 2.05) is 6.07 Å². The number of nitro groups is 1. The quantitative estimate of drug-likeness (QED) is 0.629. The Balaban J connectivity index is 2.01. The molecule has 1 aliphatic rings. The predicted octanol–water partition coefficient (Wildman–Crippen LogP) is 2.49. The van der Waals surface area contributed by atoms with Crippen molar-refractivity contribution in [3.8, 4) is 0 Å². The van der Waals surface area contributed by atoms with Crippen LogP contribution in [-0.2, 0) is 0 Å². The summed E-state index contributed by atoms with van der Waals surface area (Å²) in [5, 5.41) is 16.9. The molecule has 0 radical (unpaired) electrons. The number of aromatic nitrogens is 1. The maximum Gasteiger partial charge on any atom is 0.274 e. The average Bonchev–Trinajstić information content (AvgIpc) is 2.40. The van der Waals surface area contributed by atoms with Gasteiger partial charge in [-0.2, -0.15) is 0 Å².